The molecule has 4 aromatic carbocycles. The van der Waals surface area contributed by atoms with Crippen LogP contribution < -0.4 is 76.2 Å². The molecule has 2 saturated heterocycles. The number of likely N-dealkylation sites (tertiary alicyclic amines) is 1. The molecule has 6 aliphatic rings. The number of carboxylic acid groups (broad SMARTS) is 2. The van der Waals surface area contributed by atoms with Crippen LogP contribution in [0, 0.1) is 11.8 Å². The summed E-state index contributed by atoms with van der Waals surface area (Å²) in [6.45, 7) is 21.0. The van der Waals surface area contributed by atoms with E-state index in [2.05, 4.69) is 70.5 Å². The fraction of sp³-hybridized carbons (Fsp3) is 0.495. The van der Waals surface area contributed by atoms with Crippen LogP contribution in [0.5, 0.6) is 23.0 Å². The van der Waals surface area contributed by atoms with E-state index in [0.29, 0.717) is 125 Å². The minimum absolute atomic E-state index is 0.00175. The number of fused-ring (bicyclic) bond motifs is 2. The maximum absolute atomic E-state index is 14.5. The number of benzene rings is 4. The third-order valence-corrected chi connectivity index (χ3v) is 29.9. The van der Waals surface area contributed by atoms with Crippen LogP contribution in [0.3, 0.4) is 0 Å². The molecule has 145 heavy (non-hydrogen) atoms. The molecule has 4 aliphatic carbocycles. The highest BCUT2D eigenvalue weighted by Crippen LogP contribution is 2.48. The number of sulfonamides is 2. The second-order valence-corrected chi connectivity index (χ2v) is 43.6. The van der Waals surface area contributed by atoms with E-state index >= 15 is 0 Å². The van der Waals surface area contributed by atoms with Gasteiger partial charge in [0.1, 0.15) is 103 Å². The second-order valence-electron chi connectivity index (χ2n) is 38.6. The molecule has 8 aromatic rings. The first-order valence-electron chi connectivity index (χ1n) is 48.8. The zero-order valence-electron chi connectivity index (χ0n) is 82.5. The molecule has 9 amide bonds. The van der Waals surface area contributed by atoms with Crippen molar-refractivity contribution in [1.82, 2.24) is 60.9 Å². The average Bonchev–Trinajstić information content (AvgIpc) is 1.57. The SMILES string of the molecule is C=C[C@@H]1C[C@]1(NC(=O)[C@@H]1C[C@@H](Oc2cc(-c3csc(NC(C)C)n3)nc3cc(OC)ccc23)CN1)C(=O)NS(=O)(=O)c1ccccc1NC(=O)CCCCCC[C@H](NC(=O)OC1CCCC1)C(=O)O.C=C[C@@H]1C[C@]1(NC(=O)[C@@H]1C[C@@H](Oc2cc(-c3csc(NC(C)C)n3)nc3cc(OC)ccc23)CN1C(=O)OC(C)(C)C)C(=O)NS(=O)(=O)c1ccccc1NC(=O)CCCCCC[C@H](NC(=O)OC1CCCC1)C(=O)O. The molecule has 14 rings (SSSR count). The third kappa shape index (κ3) is 29.1. The van der Waals surface area contributed by atoms with Crippen molar-refractivity contribution in [2.24, 2.45) is 11.8 Å². The highest BCUT2D eigenvalue weighted by atomic mass is 32.2. The molecule has 6 heterocycles. The standard InChI is InChI=1S/C53H68N8O13S2.C48H60N8O11S2/c1-8-32-28-53(32,48(66)60-76(69,70)44-21-16-15-19-37(44)56-45(62)22-12-10-9-11-20-38(47(64)65)58-50(67)73-33-17-13-14-18-33)59-46(63)42-26-35(29-61(42)51(68)74-52(4,5)6)72-43-27-40(41-30-75-49(57-41)54-31(2)3)55-39-25-34(71-7)23-24-36(39)43;1-5-29-25-48(29,55-43(58)38-23-32(26-49-38)66-40-24-37(39-27-68-46(53-39)50-28(2)3)51-36-22-31(65-4)20-21-33(36)40)45(61)56-69(63,64)41-18-13-12-16-34(41)52-42(57)19-9-7-6-8-17-35(44(59)60)54-47(62)67-30-14-10-11-15-30/h8,15-16,19,21,23-25,27,30-33,35,38,42H,1,9-14,17-18,20,22,26,28-29H2,2-7H3,(H,54,57)(H,56,62)(H,58,67)(H,59,63)(H,60,66)(H,64,65);5,12-13,16,18,20-22,24,27-30,32,35,38,49H,1,6-11,14-15,17,19,23,25-26H2,2-4H3,(H,50,53)(H,52,57)(H,54,62)(H,55,58)(H,56,61)(H,59,60)/t32-,35-,38+,42+,53-;29-,32-,35+,38+,48-/m11/s1. The Hall–Kier alpha value is -13.3. The van der Waals surface area contributed by atoms with E-state index < -0.39 is 155 Å². The number of anilines is 4. The van der Waals surface area contributed by atoms with Gasteiger partial charge in [-0.25, -0.2) is 70.2 Å². The summed E-state index contributed by atoms with van der Waals surface area (Å²) in [4.78, 5) is 164. The predicted octanol–water partition coefficient (Wildman–Crippen LogP) is 14.2. The van der Waals surface area contributed by atoms with Gasteiger partial charge >= 0.3 is 30.2 Å². The number of alkyl carbamates (subject to hydrolysis) is 2. The Bertz CT molecular complexity index is 6320. The third-order valence-electron chi connectivity index (χ3n) is 25.6. The summed E-state index contributed by atoms with van der Waals surface area (Å²) in [6, 6.07) is 21.8. The van der Waals surface area contributed by atoms with Gasteiger partial charge in [0.2, 0.25) is 23.6 Å². The van der Waals surface area contributed by atoms with Crippen molar-refractivity contribution in [3.63, 3.8) is 0 Å². The number of carbonyl (C=O) groups excluding carboxylic acids is 9. The zero-order valence-corrected chi connectivity index (χ0v) is 85.8. The lowest BCUT2D eigenvalue weighted by atomic mass is 10.1. The van der Waals surface area contributed by atoms with Crippen LogP contribution >= 0.6 is 22.7 Å². The van der Waals surface area contributed by atoms with Crippen LogP contribution in [0.1, 0.15) is 203 Å². The van der Waals surface area contributed by atoms with Gasteiger partial charge in [-0.3, -0.25) is 33.7 Å². The Morgan fingerprint density at radius 1 is 0.538 bits per heavy atom. The molecule has 10 atom stereocenters. The van der Waals surface area contributed by atoms with E-state index in [0.717, 1.165) is 61.9 Å². The van der Waals surface area contributed by atoms with Crippen molar-refractivity contribution >= 4 is 152 Å². The molecule has 6 fully saturated rings. The van der Waals surface area contributed by atoms with Crippen molar-refractivity contribution in [3.8, 4) is 45.8 Å². The lowest BCUT2D eigenvalue weighted by molar-refractivity contribution is -0.140. The summed E-state index contributed by atoms with van der Waals surface area (Å²) in [7, 11) is -6.12. The van der Waals surface area contributed by atoms with Gasteiger partial charge in [-0.1, -0.05) is 74.9 Å². The van der Waals surface area contributed by atoms with Crippen LogP contribution in [-0.2, 0) is 72.6 Å². The molecule has 0 radical (unpaired) electrons. The van der Waals surface area contributed by atoms with E-state index in [-0.39, 0.29) is 98.5 Å². The van der Waals surface area contributed by atoms with Crippen LogP contribution in [-0.4, -0.2) is 222 Å². The van der Waals surface area contributed by atoms with Crippen LogP contribution in [0.4, 0.5) is 36.0 Å². The maximum Gasteiger partial charge on any atom is 0.411 e. The predicted molar refractivity (Wildman–Crippen MR) is 544 cm³/mol. The number of unbranched alkanes of at least 4 members (excludes halogenated alkanes) is 6. The molecule has 0 unspecified atom stereocenters. The first-order chi connectivity index (χ1) is 69.1. The fourth-order valence-corrected chi connectivity index (χ4v) is 22.0. The number of carbonyl (C=O) groups is 11. The number of thiazole rings is 2. The number of para-hydroxylation sites is 2. The quantitative estimate of drug-likeness (QED) is 0.00957. The summed E-state index contributed by atoms with van der Waals surface area (Å²) in [5, 5.41) is 51.3. The summed E-state index contributed by atoms with van der Waals surface area (Å²) in [6.07, 6.45) is 10.8. The van der Waals surface area contributed by atoms with Crippen LogP contribution in [0.2, 0.25) is 0 Å². The number of hydrogen-bond donors (Lipinski definition) is 13. The number of methoxy groups -OCH3 is 2. The minimum Gasteiger partial charge on any atom is -0.497 e. The van der Waals surface area contributed by atoms with Crippen molar-refractivity contribution in [3.05, 3.63) is 133 Å². The molecule has 4 saturated carbocycles. The smallest absolute Gasteiger partial charge is 0.411 e. The van der Waals surface area contributed by atoms with Gasteiger partial charge in [-0.2, -0.15) is 0 Å². The summed E-state index contributed by atoms with van der Waals surface area (Å²) < 4.78 is 100. The van der Waals surface area contributed by atoms with Gasteiger partial charge in [-0.15, -0.1) is 35.8 Å². The fourth-order valence-electron chi connectivity index (χ4n) is 17.9. The van der Waals surface area contributed by atoms with Crippen molar-refractivity contribution in [2.75, 3.05) is 48.6 Å². The number of rotatable bonds is 46. The first kappa shape index (κ1) is 109. The molecule has 4 aromatic heterocycles. The summed E-state index contributed by atoms with van der Waals surface area (Å²) in [5.74, 6) is -5.65. The van der Waals surface area contributed by atoms with Gasteiger partial charge in [0.15, 0.2) is 10.3 Å². The number of carboxylic acids is 2. The van der Waals surface area contributed by atoms with E-state index in [1.165, 1.54) is 82.2 Å². The molecule has 2 aliphatic heterocycles. The van der Waals surface area contributed by atoms with E-state index in [9.17, 15) is 79.8 Å². The molecule has 44 heteroatoms. The Morgan fingerprint density at radius 2 is 0.966 bits per heavy atom. The van der Waals surface area contributed by atoms with E-state index in [1.54, 1.807) is 65.3 Å². The lowest BCUT2D eigenvalue weighted by Gasteiger charge is -2.29. The number of aliphatic carboxylic acids is 2. The molecule has 0 spiro atoms. The maximum atomic E-state index is 14.5. The Balaban J connectivity index is 0.000000244. The topological polar surface area (TPSA) is 548 Å². The second kappa shape index (κ2) is 48.6. The van der Waals surface area contributed by atoms with E-state index in [1.807, 2.05) is 62.7 Å². The highest BCUT2D eigenvalue weighted by Gasteiger charge is 2.63. The van der Waals surface area contributed by atoms with Crippen LogP contribution in [0.15, 0.2) is 143 Å². The van der Waals surface area contributed by atoms with Crippen LogP contribution in [0.25, 0.3) is 44.6 Å². The van der Waals surface area contributed by atoms with Gasteiger partial charge in [0, 0.05) is 102 Å². The number of nitrogens with zero attached hydrogens (tertiary/aromatic N) is 5. The number of ether oxygens (including phenoxy) is 7. The largest absolute Gasteiger partial charge is 0.497 e. The first-order valence-corrected chi connectivity index (χ1v) is 53.6. The van der Waals surface area contributed by atoms with Crippen molar-refractivity contribution in [1.29, 1.82) is 0 Å². The summed E-state index contributed by atoms with van der Waals surface area (Å²) >= 11 is 2.90. The number of amides is 9. The molecule has 13 N–H and O–H groups in total. The monoisotopic (exact) mass is 2080 g/mol. The Morgan fingerprint density at radius 3 is 1.38 bits per heavy atom. The number of pyridine rings is 2. The molecule has 0 bridgehead atoms. The lowest BCUT2D eigenvalue weighted by Crippen LogP contribution is -2.56. The van der Waals surface area contributed by atoms with Gasteiger partial charge in [0.25, 0.3) is 31.9 Å². The zero-order chi connectivity index (χ0) is 104. The van der Waals surface area contributed by atoms with Gasteiger partial charge in [0.05, 0.1) is 60.6 Å². The van der Waals surface area contributed by atoms with E-state index in [4.69, 9.17) is 53.1 Å². The molecular weight excluding hydrogens is 1950 g/mol. The Labute approximate surface area is 849 Å². The minimum atomic E-state index is -4.68. The van der Waals surface area contributed by atoms with Crippen molar-refractivity contribution in [2.45, 2.75) is 290 Å². The number of aromatic nitrogens is 4. The number of hydrogen-bond acceptors (Lipinski definition) is 31. The van der Waals surface area contributed by atoms with Gasteiger partial charge in [-0.05, 0) is 187 Å². The normalized spacial score (nSPS) is 20.1. The Kier molecular flexibility index (Phi) is 36.5. The average molecular weight is 2080 g/mol. The molecule has 40 nitrogen and oxygen atoms in total. The molecule has 780 valence electrons. The van der Waals surface area contributed by atoms with Crippen molar-refractivity contribution < 1.29 is 113 Å². The van der Waals surface area contributed by atoms with Gasteiger partial charge < -0.3 is 91.2 Å². The highest BCUT2D eigenvalue weighted by molar-refractivity contribution is 7.90. The summed E-state index contributed by atoms with van der Waals surface area (Å²) in [5.41, 5.74) is -0.863. The molecular formula is C101H128N16O24S4. The number of nitrogens with one attached hydrogen (secondary N) is 11.